The van der Waals surface area contributed by atoms with Crippen molar-refractivity contribution in [3.8, 4) is 0 Å². The van der Waals surface area contributed by atoms with E-state index in [1.807, 2.05) is 0 Å². The molecule has 1 fully saturated rings. The van der Waals surface area contributed by atoms with Crippen LogP contribution in [0.15, 0.2) is 81.1 Å². The summed E-state index contributed by atoms with van der Waals surface area (Å²) in [5.74, 6) is -31.5. The Labute approximate surface area is 407 Å². The van der Waals surface area contributed by atoms with Crippen molar-refractivity contribution in [1.82, 2.24) is 9.88 Å². The van der Waals surface area contributed by atoms with Crippen LogP contribution in [0, 0.1) is 70.0 Å². The van der Waals surface area contributed by atoms with Gasteiger partial charge in [-0.3, -0.25) is 4.99 Å². The van der Waals surface area contributed by atoms with Gasteiger partial charge in [0.1, 0.15) is 0 Å². The van der Waals surface area contributed by atoms with Gasteiger partial charge >= 0.3 is 23.9 Å². The molecular weight excluding hydrogens is 987 g/mol. The van der Waals surface area contributed by atoms with Crippen LogP contribution in [0.5, 0.6) is 0 Å². The zero-order chi connectivity index (χ0) is 52.9. The van der Waals surface area contributed by atoms with Gasteiger partial charge in [0.2, 0.25) is 11.6 Å². The first kappa shape index (κ1) is 51.5. The molecule has 0 saturated carbocycles. The molecule has 1 saturated heterocycles. The summed E-state index contributed by atoms with van der Waals surface area (Å²) in [6.45, 7) is 4.37. The molecule has 2 atom stereocenters. The Balaban J connectivity index is 1.65. The van der Waals surface area contributed by atoms with Gasteiger partial charge in [0.25, 0.3) is 0 Å². The number of hydrogen-bond donors (Lipinski definition) is 1. The number of ether oxygens (including phenoxy) is 4. The molecule has 2 unspecified atom stereocenters. The fourth-order valence-corrected chi connectivity index (χ4v) is 9.17. The van der Waals surface area contributed by atoms with E-state index in [0.29, 0.717) is 0 Å². The summed E-state index contributed by atoms with van der Waals surface area (Å²) in [7, 11) is 1.60. The molecule has 0 amide bonds. The van der Waals surface area contributed by atoms with Crippen LogP contribution < -0.4 is 0 Å². The number of likely N-dealkylation sites (tertiary alicyclic amines) is 1. The smallest absolute Gasteiger partial charge is 0.346 e. The number of halogens is 10. The highest BCUT2D eigenvalue weighted by molar-refractivity contribution is 6.40. The molecule has 73 heavy (non-hydrogen) atoms. The number of rotatable bonds is 10. The number of aromatic amines is 1. The van der Waals surface area contributed by atoms with E-state index < -0.39 is 161 Å². The van der Waals surface area contributed by atoms with Crippen molar-refractivity contribution in [2.24, 2.45) is 21.8 Å². The molecule has 0 radical (unpaired) electrons. The summed E-state index contributed by atoms with van der Waals surface area (Å²) in [4.78, 5) is 69.9. The minimum Gasteiger partial charge on any atom is -0.462 e. The van der Waals surface area contributed by atoms with Crippen LogP contribution in [0.3, 0.4) is 0 Å². The van der Waals surface area contributed by atoms with E-state index in [4.69, 9.17) is 23.9 Å². The lowest BCUT2D eigenvalue weighted by atomic mass is 9.82. The first-order valence-electron chi connectivity index (χ1n) is 22.3. The minimum atomic E-state index is -2.55. The molecule has 1 aromatic heterocycles. The number of aromatic nitrogens is 1. The molecule has 1 N–H and O–H groups in total. The lowest BCUT2D eigenvalue weighted by molar-refractivity contribution is -0.148. The molecule has 3 aromatic carbocycles. The summed E-state index contributed by atoms with van der Waals surface area (Å²) in [5, 5.41) is 0. The maximum absolute atomic E-state index is 16.4. The van der Waals surface area contributed by atoms with Crippen molar-refractivity contribution in [2.75, 3.05) is 46.6 Å². The number of H-pyrrole nitrogens is 1. The van der Waals surface area contributed by atoms with Crippen molar-refractivity contribution in [2.45, 2.75) is 27.7 Å². The lowest BCUT2D eigenvalue weighted by Crippen LogP contribution is -2.27. The van der Waals surface area contributed by atoms with Crippen LogP contribution in [-0.2, 0) is 38.1 Å². The number of nitrogens with one attached hydrogen (secondary N) is 1. The Morgan fingerprint density at radius 1 is 0.548 bits per heavy atom. The van der Waals surface area contributed by atoms with Crippen molar-refractivity contribution >= 4 is 57.6 Å². The molecule has 8 rings (SSSR count). The number of fused-ring (bicyclic) bond motifs is 9. The van der Waals surface area contributed by atoms with E-state index >= 15 is 35.1 Å². The Bertz CT molecular complexity index is 3220. The molecule has 5 heterocycles. The van der Waals surface area contributed by atoms with Gasteiger partial charge in [-0.1, -0.05) is 18.2 Å². The van der Waals surface area contributed by atoms with Crippen molar-refractivity contribution in [1.29, 1.82) is 0 Å². The number of benzene rings is 3. The third-order valence-corrected chi connectivity index (χ3v) is 12.1. The normalized spacial score (nSPS) is 17.2. The monoisotopic (exact) mass is 1020 g/mol. The number of nitrogens with zero attached hydrogens (tertiary/aromatic N) is 3. The summed E-state index contributed by atoms with van der Waals surface area (Å²) in [6, 6.07) is 7.12. The van der Waals surface area contributed by atoms with Crippen LogP contribution in [-0.4, -0.2) is 91.7 Å². The highest BCUT2D eigenvalue weighted by atomic mass is 19.2. The van der Waals surface area contributed by atoms with Gasteiger partial charge in [-0.15, -0.1) is 0 Å². The van der Waals surface area contributed by atoms with Gasteiger partial charge in [-0.2, -0.15) is 0 Å². The third-order valence-electron chi connectivity index (χ3n) is 12.1. The van der Waals surface area contributed by atoms with Crippen LogP contribution in [0.25, 0.3) is 22.3 Å². The second kappa shape index (κ2) is 20.3. The highest BCUT2D eigenvalue weighted by Gasteiger charge is 2.48. The molecule has 0 spiro atoms. The average Bonchev–Trinajstić information content (AvgIpc) is 4.19. The van der Waals surface area contributed by atoms with E-state index in [2.05, 4.69) is 9.98 Å². The van der Waals surface area contributed by atoms with E-state index in [1.54, 1.807) is 11.9 Å². The standard InChI is InChI=1S/C51H38F10N4O8/c1-6-70-48(66)34(49(67)71-7-2)28-20-11-10-12-21(17-20)29(35(50(68)72-8-3)51(69)73-9-4)46-22-18-65(5)19-23(22)47(64-46)31(33-38(54)42(58)45(61)43(59)39(33)55)27-16-15-26(63-27)30(25-14-13-24(28)62-25)32-36(52)40(56)44(60)41(57)37(32)53/h10-17,22-23,63H,6-9,18-19H2,1-5H3. The molecule has 4 aliphatic heterocycles. The van der Waals surface area contributed by atoms with Gasteiger partial charge in [0.05, 0.1) is 60.4 Å². The number of allylic oxidation sites excluding steroid dienone is 4. The van der Waals surface area contributed by atoms with E-state index in [1.165, 1.54) is 52.0 Å². The Morgan fingerprint density at radius 3 is 1.44 bits per heavy atom. The van der Waals surface area contributed by atoms with Crippen LogP contribution >= 0.6 is 0 Å². The maximum Gasteiger partial charge on any atom is 0.346 e. The van der Waals surface area contributed by atoms with Crippen molar-refractivity contribution in [3.63, 3.8) is 0 Å². The highest BCUT2D eigenvalue weighted by Crippen LogP contribution is 2.48. The molecule has 0 aliphatic carbocycles. The Hall–Kier alpha value is -7.88. The van der Waals surface area contributed by atoms with E-state index in [-0.39, 0.29) is 61.9 Å². The topological polar surface area (TPSA) is 149 Å². The number of carbonyl (C=O) groups excluding carboxylic acids is 4. The first-order valence-corrected chi connectivity index (χ1v) is 22.3. The second-order valence-corrected chi connectivity index (χ2v) is 16.4. The Kier molecular flexibility index (Phi) is 14.3. The molecule has 4 aliphatic rings. The lowest BCUT2D eigenvalue weighted by Gasteiger charge is -2.20. The van der Waals surface area contributed by atoms with Gasteiger partial charge < -0.3 is 28.8 Å². The maximum atomic E-state index is 16.4. The second-order valence-electron chi connectivity index (χ2n) is 16.4. The van der Waals surface area contributed by atoms with Crippen LogP contribution in [0.4, 0.5) is 43.9 Å². The molecule has 8 bridgehead atoms. The molecule has 12 nitrogen and oxygen atoms in total. The van der Waals surface area contributed by atoms with E-state index in [9.17, 15) is 28.0 Å². The predicted octanol–water partition coefficient (Wildman–Crippen LogP) is 9.04. The summed E-state index contributed by atoms with van der Waals surface area (Å²) in [6.07, 6.45) is 2.07. The number of esters is 4. The third kappa shape index (κ3) is 8.75. The number of aliphatic imine (C=N–C) groups is 2. The quantitative estimate of drug-likeness (QED) is 0.0240. The van der Waals surface area contributed by atoms with Gasteiger partial charge in [0.15, 0.2) is 57.7 Å². The zero-order valence-corrected chi connectivity index (χ0v) is 38.9. The summed E-state index contributed by atoms with van der Waals surface area (Å²) in [5.41, 5.74) is -10.7. The summed E-state index contributed by atoms with van der Waals surface area (Å²) >= 11 is 0. The first-order chi connectivity index (χ1) is 34.8. The zero-order valence-electron chi connectivity index (χ0n) is 38.9. The van der Waals surface area contributed by atoms with Gasteiger partial charge in [-0.05, 0) is 76.2 Å². The molecular formula is C51H38F10N4O8. The Morgan fingerprint density at radius 2 is 0.959 bits per heavy atom. The molecule has 4 aromatic rings. The molecule has 22 heteroatoms. The minimum absolute atomic E-state index is 0.0193. The fourth-order valence-electron chi connectivity index (χ4n) is 9.17. The average molecular weight is 1020 g/mol. The van der Waals surface area contributed by atoms with Gasteiger partial charge in [0, 0.05) is 58.6 Å². The molecule has 380 valence electrons. The fraction of sp³-hybridized carbons (Fsp3) is 0.255. The van der Waals surface area contributed by atoms with Crippen molar-refractivity contribution in [3.05, 3.63) is 163 Å². The predicted molar refractivity (Wildman–Crippen MR) is 241 cm³/mol. The van der Waals surface area contributed by atoms with Crippen LogP contribution in [0.1, 0.15) is 61.3 Å². The van der Waals surface area contributed by atoms with Gasteiger partial charge in [-0.25, -0.2) is 68.1 Å². The number of hydrogen-bond acceptors (Lipinski definition) is 11. The SMILES string of the molecule is CCOC(=O)C(C(=O)OCC)=C1C2=NC(=C(c3c(F)c(F)c(F)c(F)c3F)c3ccc([nH]3)C(c3c(F)c(F)c(F)c(F)c3F)=C3N=C(C(=C(C(=O)OCC)C(=O)OCC)c4cccc1c4)C1CN(C)CC31)C=C2. The van der Waals surface area contributed by atoms with Crippen molar-refractivity contribution < 1.29 is 82.0 Å². The summed E-state index contributed by atoms with van der Waals surface area (Å²) < 4.78 is 177. The largest absolute Gasteiger partial charge is 0.462 e. The van der Waals surface area contributed by atoms with Crippen LogP contribution in [0.2, 0.25) is 0 Å². The van der Waals surface area contributed by atoms with E-state index in [0.717, 1.165) is 24.3 Å². The number of carbonyl (C=O) groups is 4.